The number of nitrogens with two attached hydrogens (primary N) is 2. The summed E-state index contributed by atoms with van der Waals surface area (Å²) >= 11 is 0.850. The number of aromatic nitrogens is 2. The highest BCUT2D eigenvalue weighted by Gasteiger charge is 2.65. The molecule has 178 valence electrons. The van der Waals surface area contributed by atoms with Gasteiger partial charge in [0.05, 0.1) is 16.5 Å². The molecule has 4 rings (SSSR count). The van der Waals surface area contributed by atoms with Crippen LogP contribution >= 0.6 is 11.3 Å². The van der Waals surface area contributed by atoms with E-state index < -0.39 is 34.4 Å². The Morgan fingerprint density at radius 3 is 2.46 bits per heavy atom. The summed E-state index contributed by atoms with van der Waals surface area (Å²) in [5, 5.41) is 10.7. The summed E-state index contributed by atoms with van der Waals surface area (Å²) in [5.41, 5.74) is 8.11. The molecule has 0 amide bonds. The van der Waals surface area contributed by atoms with Gasteiger partial charge in [-0.1, -0.05) is 41.7 Å². The van der Waals surface area contributed by atoms with E-state index in [-0.39, 0.29) is 16.0 Å². The van der Waals surface area contributed by atoms with E-state index >= 15 is 0 Å². The topological polar surface area (TPSA) is 177 Å². The number of Topliss-reactive ketones (excluding diaryl/α,β-unsaturated/α-hetero) is 2. The molecule has 1 aliphatic heterocycles. The second-order valence-corrected chi connectivity index (χ2v) is 8.91. The number of hydrogen-bond donors (Lipinski definition) is 4. The number of thiazole rings is 1. The molecule has 3 unspecified atom stereocenters. The van der Waals surface area contributed by atoms with Crippen molar-refractivity contribution in [2.24, 2.45) is 27.4 Å². The first-order valence-corrected chi connectivity index (χ1v) is 11.3. The predicted molar refractivity (Wildman–Crippen MR) is 132 cm³/mol. The lowest BCUT2D eigenvalue weighted by atomic mass is 9.54. The largest absolute Gasteiger partial charge is 0.481 e. The number of carbonyl (C=O) groups is 3. The van der Waals surface area contributed by atoms with E-state index in [1.54, 1.807) is 60.8 Å². The van der Waals surface area contributed by atoms with Crippen molar-refractivity contribution in [2.75, 3.05) is 0 Å². The van der Waals surface area contributed by atoms with Crippen molar-refractivity contribution in [2.45, 2.75) is 17.9 Å². The van der Waals surface area contributed by atoms with E-state index in [1.807, 2.05) is 0 Å². The van der Waals surface area contributed by atoms with Gasteiger partial charge in [-0.25, -0.2) is 4.98 Å². The number of allylic oxidation sites excluding steroid dienone is 1. The lowest BCUT2D eigenvalue weighted by molar-refractivity contribution is -0.143. The SMILES string of the molecule is CC(=O)C1(C(c2ccccc2)(c2ccc[nH]2)C(C(=O)O)C(=O)c2cnc(N=C(N)N)s2)C=CC=N1. The highest BCUT2D eigenvalue weighted by atomic mass is 32.1. The van der Waals surface area contributed by atoms with Crippen molar-refractivity contribution in [3.63, 3.8) is 0 Å². The first-order chi connectivity index (χ1) is 16.7. The highest BCUT2D eigenvalue weighted by Crippen LogP contribution is 2.52. The van der Waals surface area contributed by atoms with Gasteiger partial charge in [-0.3, -0.25) is 19.4 Å². The Kier molecular flexibility index (Phi) is 6.18. The fraction of sp³-hybridized carbons (Fsp3) is 0.167. The molecule has 2 aromatic heterocycles. The van der Waals surface area contributed by atoms with Crippen LogP contribution in [0.4, 0.5) is 5.13 Å². The number of guanidine groups is 1. The van der Waals surface area contributed by atoms with Crippen molar-refractivity contribution in [3.8, 4) is 0 Å². The number of nitrogens with one attached hydrogen (secondary N) is 1. The molecule has 6 N–H and O–H groups in total. The molecule has 0 fully saturated rings. The van der Waals surface area contributed by atoms with Gasteiger partial charge in [-0.15, -0.1) is 0 Å². The molecule has 1 aliphatic rings. The summed E-state index contributed by atoms with van der Waals surface area (Å²) in [6, 6.07) is 11.9. The molecular formula is C24H22N6O4S. The number of nitrogens with zero attached hydrogens (tertiary/aromatic N) is 3. The molecule has 35 heavy (non-hydrogen) atoms. The monoisotopic (exact) mass is 490 g/mol. The van der Waals surface area contributed by atoms with Crippen LogP contribution in [0, 0.1) is 5.92 Å². The average Bonchev–Trinajstić information content (AvgIpc) is 3.59. The Morgan fingerprint density at radius 1 is 1.17 bits per heavy atom. The van der Waals surface area contributed by atoms with Crippen LogP contribution in [0.1, 0.15) is 27.9 Å². The van der Waals surface area contributed by atoms with Gasteiger partial charge in [0.15, 0.2) is 23.1 Å². The summed E-state index contributed by atoms with van der Waals surface area (Å²) in [5.74, 6) is -4.65. The van der Waals surface area contributed by atoms with Gasteiger partial charge in [0.25, 0.3) is 0 Å². The quantitative estimate of drug-likeness (QED) is 0.154. The lowest BCUT2D eigenvalue weighted by Crippen LogP contribution is -2.61. The second-order valence-electron chi connectivity index (χ2n) is 7.90. The van der Waals surface area contributed by atoms with E-state index in [2.05, 4.69) is 20.0 Å². The Bertz CT molecular complexity index is 1340. The number of carboxylic acid groups (broad SMARTS) is 1. The van der Waals surface area contributed by atoms with Crippen LogP contribution < -0.4 is 11.5 Å². The number of hydrogen-bond acceptors (Lipinski definition) is 7. The number of carboxylic acids is 1. The molecule has 0 bridgehead atoms. The molecule has 0 saturated carbocycles. The van der Waals surface area contributed by atoms with Gasteiger partial charge in [0, 0.05) is 18.1 Å². The molecule has 3 aromatic rings. The maximum Gasteiger partial charge on any atom is 0.315 e. The van der Waals surface area contributed by atoms with Crippen LogP contribution in [0.5, 0.6) is 0 Å². The number of benzene rings is 1. The smallest absolute Gasteiger partial charge is 0.315 e. The van der Waals surface area contributed by atoms with Crippen LogP contribution in [0.15, 0.2) is 77.0 Å². The van der Waals surface area contributed by atoms with E-state index in [4.69, 9.17) is 11.5 Å². The van der Waals surface area contributed by atoms with Crippen molar-refractivity contribution in [3.05, 3.63) is 83.1 Å². The number of aliphatic imine (C=N–C) groups is 2. The van der Waals surface area contributed by atoms with E-state index in [1.165, 1.54) is 19.3 Å². The number of carbonyl (C=O) groups excluding carboxylic acids is 2. The minimum atomic E-state index is -1.78. The third-order valence-corrected chi connectivity index (χ3v) is 6.90. The van der Waals surface area contributed by atoms with Crippen LogP contribution in [0.2, 0.25) is 0 Å². The minimum absolute atomic E-state index is 0.0221. The van der Waals surface area contributed by atoms with E-state index in [0.29, 0.717) is 11.3 Å². The zero-order valence-corrected chi connectivity index (χ0v) is 19.4. The standard InChI is InChI=1S/C24H22N6O4S/c1-14(31)23(10-6-12-29-23)24(17-9-5-11-27-17,15-7-3-2-4-8-15)18(20(33)34)19(32)16-13-28-22(35-16)30-21(25)26/h2-13,18,27H,1H3,(H,33,34)(H4,25,26,28,30). The van der Waals surface area contributed by atoms with Crippen molar-refractivity contribution in [1.29, 1.82) is 0 Å². The molecule has 3 atom stereocenters. The average molecular weight is 491 g/mol. The molecule has 0 saturated heterocycles. The maximum absolute atomic E-state index is 14.0. The molecule has 0 spiro atoms. The van der Waals surface area contributed by atoms with Crippen LogP contribution in [0.25, 0.3) is 0 Å². The number of aliphatic carboxylic acids is 1. The zero-order valence-electron chi connectivity index (χ0n) is 18.6. The zero-order chi connectivity index (χ0) is 25.2. The third kappa shape index (κ3) is 3.75. The Balaban J connectivity index is 2.08. The molecule has 0 radical (unpaired) electrons. The fourth-order valence-corrected chi connectivity index (χ4v) is 5.46. The lowest BCUT2D eigenvalue weighted by Gasteiger charge is -2.47. The maximum atomic E-state index is 14.0. The summed E-state index contributed by atoms with van der Waals surface area (Å²) in [6.07, 6.45) is 7.40. The fourth-order valence-electron chi connectivity index (χ4n) is 4.68. The molecule has 3 heterocycles. The van der Waals surface area contributed by atoms with E-state index in [9.17, 15) is 19.5 Å². The number of rotatable bonds is 9. The van der Waals surface area contributed by atoms with Crippen molar-refractivity contribution < 1.29 is 19.5 Å². The van der Waals surface area contributed by atoms with E-state index in [0.717, 1.165) is 11.3 Å². The van der Waals surface area contributed by atoms with Gasteiger partial charge < -0.3 is 21.6 Å². The van der Waals surface area contributed by atoms with Crippen LogP contribution in [-0.4, -0.2) is 50.3 Å². The van der Waals surface area contributed by atoms with Gasteiger partial charge in [0.2, 0.25) is 5.13 Å². The van der Waals surface area contributed by atoms with Crippen LogP contribution in [-0.2, 0) is 15.0 Å². The predicted octanol–water partition coefficient (Wildman–Crippen LogP) is 2.21. The Hall–Kier alpha value is -4.38. The van der Waals surface area contributed by atoms with Gasteiger partial charge in [-0.05, 0) is 36.8 Å². The Morgan fingerprint density at radius 2 is 1.91 bits per heavy atom. The third-order valence-electron chi connectivity index (χ3n) is 5.99. The molecule has 1 aromatic carbocycles. The van der Waals surface area contributed by atoms with Crippen molar-refractivity contribution >= 4 is 46.2 Å². The van der Waals surface area contributed by atoms with Gasteiger partial charge >= 0.3 is 5.97 Å². The van der Waals surface area contributed by atoms with Gasteiger partial charge in [0.1, 0.15) is 5.92 Å². The molecular weight excluding hydrogens is 468 g/mol. The first kappa shape index (κ1) is 23.8. The summed E-state index contributed by atoms with van der Waals surface area (Å²) in [4.78, 5) is 55.8. The Labute approximate surface area is 204 Å². The molecule has 11 heteroatoms. The first-order valence-electron chi connectivity index (χ1n) is 10.5. The second kappa shape index (κ2) is 9.11. The normalized spacial score (nSPS) is 19.1. The highest BCUT2D eigenvalue weighted by molar-refractivity contribution is 7.17. The summed E-state index contributed by atoms with van der Waals surface area (Å²) in [6.45, 7) is 1.33. The number of aromatic amines is 1. The summed E-state index contributed by atoms with van der Waals surface area (Å²) < 4.78 is 0. The molecule has 0 aliphatic carbocycles. The number of H-pyrrole nitrogens is 1. The summed E-state index contributed by atoms with van der Waals surface area (Å²) in [7, 11) is 0. The molecule has 10 nitrogen and oxygen atoms in total. The van der Waals surface area contributed by atoms with Crippen molar-refractivity contribution in [1.82, 2.24) is 9.97 Å². The van der Waals surface area contributed by atoms with Gasteiger partial charge in [-0.2, -0.15) is 4.99 Å². The number of ketones is 2. The minimum Gasteiger partial charge on any atom is -0.481 e. The van der Waals surface area contributed by atoms with Crippen LogP contribution in [0.3, 0.4) is 0 Å².